The van der Waals surface area contributed by atoms with Crippen LogP contribution in [0.2, 0.25) is 0 Å². The molecule has 1 heterocycles. The molecule has 7 heteroatoms. The van der Waals surface area contributed by atoms with Gasteiger partial charge in [0.15, 0.2) is 0 Å². The van der Waals surface area contributed by atoms with Gasteiger partial charge in [-0.25, -0.2) is 8.42 Å². The van der Waals surface area contributed by atoms with Gasteiger partial charge in [0.25, 0.3) is 0 Å². The molecule has 0 aromatic heterocycles. The van der Waals surface area contributed by atoms with Gasteiger partial charge in [0, 0.05) is 29.9 Å². The maximum Gasteiger partial charge on any atom is 0.243 e. The Morgan fingerprint density at radius 2 is 1.73 bits per heavy atom. The van der Waals surface area contributed by atoms with Crippen molar-refractivity contribution >= 4 is 26.7 Å². The van der Waals surface area contributed by atoms with Crippen LogP contribution in [0.25, 0.3) is 10.8 Å². The molecule has 0 spiro atoms. The summed E-state index contributed by atoms with van der Waals surface area (Å²) in [7, 11) is -2.14. The lowest BCUT2D eigenvalue weighted by Crippen LogP contribution is -2.47. The van der Waals surface area contributed by atoms with Gasteiger partial charge in [0.1, 0.15) is 5.75 Å². The minimum absolute atomic E-state index is 0.00129. The first-order chi connectivity index (χ1) is 14.5. The Morgan fingerprint density at radius 1 is 1.00 bits per heavy atom. The van der Waals surface area contributed by atoms with Gasteiger partial charge in [-0.3, -0.25) is 4.79 Å². The molecule has 1 N–H and O–H groups in total. The zero-order valence-corrected chi connectivity index (χ0v) is 18.3. The highest BCUT2D eigenvalue weighted by atomic mass is 32.2. The predicted molar refractivity (Wildman–Crippen MR) is 117 cm³/mol. The summed E-state index contributed by atoms with van der Waals surface area (Å²) in [5, 5.41) is 4.58. The number of nitrogens with zero attached hydrogens (tertiary/aromatic N) is 1. The van der Waals surface area contributed by atoms with Crippen molar-refractivity contribution in [2.75, 3.05) is 20.2 Å². The summed E-state index contributed by atoms with van der Waals surface area (Å²) in [6.45, 7) is 0.678. The third kappa shape index (κ3) is 4.18. The molecule has 2 aliphatic rings. The average Bonchev–Trinajstić information content (AvgIpc) is 2.79. The average molecular weight is 431 g/mol. The van der Waals surface area contributed by atoms with E-state index in [1.807, 2.05) is 24.3 Å². The smallest absolute Gasteiger partial charge is 0.243 e. The van der Waals surface area contributed by atoms with Crippen LogP contribution in [0, 0.1) is 5.92 Å². The number of nitrogens with one attached hydrogen (secondary N) is 1. The molecule has 1 saturated carbocycles. The first-order valence-electron chi connectivity index (χ1n) is 10.9. The number of piperidine rings is 1. The van der Waals surface area contributed by atoms with Crippen LogP contribution in [-0.4, -0.2) is 44.9 Å². The lowest BCUT2D eigenvalue weighted by Gasteiger charge is -2.33. The minimum atomic E-state index is -3.72. The Kier molecular flexibility index (Phi) is 6.29. The van der Waals surface area contributed by atoms with Gasteiger partial charge in [0.2, 0.25) is 15.9 Å². The molecule has 1 aliphatic heterocycles. The third-order valence-electron chi connectivity index (χ3n) is 6.39. The van der Waals surface area contributed by atoms with E-state index in [-0.39, 0.29) is 29.3 Å². The van der Waals surface area contributed by atoms with Gasteiger partial charge >= 0.3 is 0 Å². The van der Waals surface area contributed by atoms with E-state index in [0.29, 0.717) is 24.1 Å². The second-order valence-corrected chi connectivity index (χ2v) is 10.3. The van der Waals surface area contributed by atoms with Crippen molar-refractivity contribution in [3.63, 3.8) is 0 Å². The van der Waals surface area contributed by atoms with Crippen LogP contribution in [0.5, 0.6) is 5.75 Å². The molecule has 0 radical (unpaired) electrons. The maximum absolute atomic E-state index is 13.5. The van der Waals surface area contributed by atoms with Crippen molar-refractivity contribution in [1.29, 1.82) is 0 Å². The fraction of sp³-hybridized carbons (Fsp3) is 0.522. The van der Waals surface area contributed by atoms with Crippen LogP contribution in [-0.2, 0) is 14.8 Å². The van der Waals surface area contributed by atoms with Crippen LogP contribution in [0.1, 0.15) is 44.9 Å². The molecular formula is C23H30N2O4S. The number of amides is 1. The number of methoxy groups -OCH3 is 1. The molecule has 1 saturated heterocycles. The molecule has 1 amide bonds. The van der Waals surface area contributed by atoms with E-state index in [2.05, 4.69) is 5.32 Å². The zero-order valence-electron chi connectivity index (χ0n) is 17.5. The van der Waals surface area contributed by atoms with Crippen LogP contribution >= 0.6 is 0 Å². The van der Waals surface area contributed by atoms with E-state index in [4.69, 9.17) is 4.74 Å². The van der Waals surface area contributed by atoms with Gasteiger partial charge in [-0.2, -0.15) is 4.31 Å². The second-order valence-electron chi connectivity index (χ2n) is 8.36. The molecule has 162 valence electrons. The molecule has 6 nitrogen and oxygen atoms in total. The Bertz CT molecular complexity index is 1020. The minimum Gasteiger partial charge on any atom is -0.496 e. The number of fused-ring (bicyclic) bond motifs is 1. The van der Waals surface area contributed by atoms with Gasteiger partial charge < -0.3 is 10.1 Å². The number of carbonyl (C=O) groups excluding carboxylic acids is 1. The molecule has 1 atom stereocenters. The van der Waals surface area contributed by atoms with Crippen molar-refractivity contribution in [2.24, 2.45) is 5.92 Å². The van der Waals surface area contributed by atoms with Gasteiger partial charge in [-0.05, 0) is 37.8 Å². The van der Waals surface area contributed by atoms with Crippen LogP contribution < -0.4 is 10.1 Å². The number of ether oxygens (including phenoxy) is 1. The van der Waals surface area contributed by atoms with Crippen molar-refractivity contribution in [3.8, 4) is 5.75 Å². The van der Waals surface area contributed by atoms with Crippen LogP contribution in [0.4, 0.5) is 0 Å². The predicted octanol–water partition coefficient (Wildman–Crippen LogP) is 3.70. The molecule has 2 aromatic carbocycles. The summed E-state index contributed by atoms with van der Waals surface area (Å²) in [5.41, 5.74) is 0. The van der Waals surface area contributed by atoms with Gasteiger partial charge in [-0.15, -0.1) is 0 Å². The number of hydrogen-bond acceptors (Lipinski definition) is 4. The normalized spacial score (nSPS) is 21.4. The fourth-order valence-electron chi connectivity index (χ4n) is 4.73. The summed E-state index contributed by atoms with van der Waals surface area (Å²) in [6.07, 6.45) is 7.01. The van der Waals surface area contributed by atoms with E-state index < -0.39 is 10.0 Å². The molecule has 2 aromatic rings. The highest BCUT2D eigenvalue weighted by Gasteiger charge is 2.35. The standard InChI is InChI=1S/C23H30N2O4S/c1-29-21-13-14-22(20-12-6-5-11-19(20)21)30(27,28)25-15-7-8-17(16-25)23(26)24-18-9-3-2-4-10-18/h5-6,11-14,17-18H,2-4,7-10,15-16H2,1H3,(H,24,26). The van der Waals surface area contributed by atoms with Gasteiger partial charge in [0.05, 0.1) is 17.9 Å². The molecular weight excluding hydrogens is 400 g/mol. The Balaban J connectivity index is 1.56. The monoisotopic (exact) mass is 430 g/mol. The molecule has 30 heavy (non-hydrogen) atoms. The highest BCUT2D eigenvalue weighted by Crippen LogP contribution is 2.33. The van der Waals surface area contributed by atoms with Crippen molar-refractivity contribution in [2.45, 2.75) is 55.9 Å². The summed E-state index contributed by atoms with van der Waals surface area (Å²) < 4.78 is 33.9. The first-order valence-corrected chi connectivity index (χ1v) is 12.3. The summed E-state index contributed by atoms with van der Waals surface area (Å²) in [6, 6.07) is 10.9. The lowest BCUT2D eigenvalue weighted by atomic mass is 9.93. The van der Waals surface area contributed by atoms with Crippen LogP contribution in [0.15, 0.2) is 41.3 Å². The number of hydrogen-bond donors (Lipinski definition) is 1. The second kappa shape index (κ2) is 8.94. The van der Waals surface area contributed by atoms with E-state index in [9.17, 15) is 13.2 Å². The van der Waals surface area contributed by atoms with Crippen molar-refractivity contribution in [3.05, 3.63) is 36.4 Å². The Hall–Kier alpha value is -2.12. The molecule has 0 bridgehead atoms. The van der Waals surface area contributed by atoms with E-state index in [0.717, 1.165) is 37.5 Å². The molecule has 2 fully saturated rings. The Morgan fingerprint density at radius 3 is 2.47 bits per heavy atom. The molecule has 1 aliphatic carbocycles. The van der Waals surface area contributed by atoms with E-state index in [1.54, 1.807) is 19.2 Å². The fourth-order valence-corrected chi connectivity index (χ4v) is 6.45. The zero-order chi connectivity index (χ0) is 21.1. The van der Waals surface area contributed by atoms with E-state index in [1.165, 1.54) is 10.7 Å². The topological polar surface area (TPSA) is 75.7 Å². The number of rotatable bonds is 5. The van der Waals surface area contributed by atoms with Crippen molar-refractivity contribution < 1.29 is 17.9 Å². The summed E-state index contributed by atoms with van der Waals surface area (Å²) in [4.78, 5) is 13.1. The first kappa shape index (κ1) is 21.1. The molecule has 1 unspecified atom stereocenters. The summed E-state index contributed by atoms with van der Waals surface area (Å²) >= 11 is 0. The lowest BCUT2D eigenvalue weighted by molar-refractivity contribution is -0.127. The van der Waals surface area contributed by atoms with Crippen molar-refractivity contribution in [1.82, 2.24) is 9.62 Å². The maximum atomic E-state index is 13.5. The highest BCUT2D eigenvalue weighted by molar-refractivity contribution is 7.89. The number of sulfonamides is 1. The Labute approximate surface area is 178 Å². The SMILES string of the molecule is COc1ccc(S(=O)(=O)N2CCCC(C(=O)NC3CCCCC3)C2)c2ccccc12. The third-order valence-corrected chi connectivity index (χ3v) is 8.31. The quantitative estimate of drug-likeness (QED) is 0.785. The molecule has 4 rings (SSSR count). The largest absolute Gasteiger partial charge is 0.496 e. The summed E-state index contributed by atoms with van der Waals surface area (Å²) in [5.74, 6) is 0.356. The van der Waals surface area contributed by atoms with Crippen LogP contribution in [0.3, 0.4) is 0 Å². The number of carbonyl (C=O) groups is 1. The number of benzene rings is 2. The van der Waals surface area contributed by atoms with Gasteiger partial charge in [-0.1, -0.05) is 43.5 Å². The van der Waals surface area contributed by atoms with E-state index >= 15 is 0 Å².